The van der Waals surface area contributed by atoms with Crippen molar-refractivity contribution in [3.63, 3.8) is 0 Å². The van der Waals surface area contributed by atoms with E-state index < -0.39 is 0 Å². The third-order valence-electron chi connectivity index (χ3n) is 5.69. The van der Waals surface area contributed by atoms with Crippen molar-refractivity contribution in [2.45, 2.75) is 25.0 Å². The number of benzene rings is 2. The summed E-state index contributed by atoms with van der Waals surface area (Å²) < 4.78 is 2.22. The number of nitrogens with one attached hydrogen (secondary N) is 1. The second-order valence-corrected chi connectivity index (χ2v) is 7.45. The quantitative estimate of drug-likeness (QED) is 0.722. The Morgan fingerprint density at radius 2 is 1.86 bits per heavy atom. The molecule has 0 aliphatic carbocycles. The molecule has 0 unspecified atom stereocenters. The van der Waals surface area contributed by atoms with Crippen molar-refractivity contribution in [1.82, 2.24) is 14.5 Å². The molecule has 140 valence electrons. The van der Waals surface area contributed by atoms with Crippen molar-refractivity contribution in [2.24, 2.45) is 10.7 Å². The summed E-state index contributed by atoms with van der Waals surface area (Å²) in [4.78, 5) is 12.0. The molecule has 0 atom stereocenters. The van der Waals surface area contributed by atoms with Gasteiger partial charge in [-0.3, -0.25) is 14.8 Å². The van der Waals surface area contributed by atoms with Gasteiger partial charge in [-0.05, 0) is 29.8 Å². The first kappa shape index (κ1) is 16.8. The lowest BCUT2D eigenvalue weighted by Gasteiger charge is -2.42. The number of aromatic nitrogens is 2. The summed E-state index contributed by atoms with van der Waals surface area (Å²) in [7, 11) is 0. The average molecular weight is 371 g/mol. The number of imidazole rings is 1. The topological polar surface area (TPSA) is 95.3 Å². The van der Waals surface area contributed by atoms with E-state index in [4.69, 9.17) is 21.0 Å². The first-order chi connectivity index (χ1) is 13.7. The van der Waals surface area contributed by atoms with Gasteiger partial charge in [-0.15, -0.1) is 0 Å². The maximum Gasteiger partial charge on any atom is 0.212 e. The molecule has 28 heavy (non-hydrogen) atoms. The summed E-state index contributed by atoms with van der Waals surface area (Å²) in [6.45, 7) is 2.71. The third kappa shape index (κ3) is 2.70. The Labute approximate surface area is 163 Å². The molecule has 3 heterocycles. The molecular formula is C21H21N7. The van der Waals surface area contributed by atoms with Crippen LogP contribution in [-0.4, -0.2) is 33.5 Å². The minimum Gasteiger partial charge on any atom is -0.370 e. The normalized spacial score (nSPS) is 18.3. The van der Waals surface area contributed by atoms with Crippen LogP contribution in [0.25, 0.3) is 11.0 Å². The largest absolute Gasteiger partial charge is 0.370 e. The van der Waals surface area contributed by atoms with Gasteiger partial charge in [-0.2, -0.15) is 5.26 Å². The van der Waals surface area contributed by atoms with Gasteiger partial charge < -0.3 is 5.73 Å². The molecule has 1 saturated heterocycles. The summed E-state index contributed by atoms with van der Waals surface area (Å²) in [5.74, 6) is 1.21. The summed E-state index contributed by atoms with van der Waals surface area (Å²) in [5, 5.41) is 12.1. The first-order valence-corrected chi connectivity index (χ1v) is 9.49. The first-order valence-electron chi connectivity index (χ1n) is 9.49. The zero-order chi connectivity index (χ0) is 19.1. The van der Waals surface area contributed by atoms with Gasteiger partial charge in [0.2, 0.25) is 5.95 Å². The van der Waals surface area contributed by atoms with Gasteiger partial charge >= 0.3 is 0 Å². The smallest absolute Gasteiger partial charge is 0.212 e. The van der Waals surface area contributed by atoms with E-state index in [1.54, 1.807) is 0 Å². The Hall–Kier alpha value is -3.37. The fourth-order valence-corrected chi connectivity index (χ4v) is 4.30. The number of guanidine groups is 1. The van der Waals surface area contributed by atoms with Gasteiger partial charge in [0.25, 0.3) is 0 Å². The Morgan fingerprint density at radius 3 is 2.61 bits per heavy atom. The van der Waals surface area contributed by atoms with Crippen LogP contribution < -0.4 is 11.1 Å². The van der Waals surface area contributed by atoms with Gasteiger partial charge in [-0.25, -0.2) is 9.98 Å². The maximum absolute atomic E-state index is 8.95. The van der Waals surface area contributed by atoms with Gasteiger partial charge in [-0.1, -0.05) is 24.3 Å². The van der Waals surface area contributed by atoms with E-state index in [-0.39, 0.29) is 5.66 Å². The lowest BCUT2D eigenvalue weighted by atomic mass is 9.95. The highest BCUT2D eigenvalue weighted by Crippen LogP contribution is 2.39. The van der Waals surface area contributed by atoms with Gasteiger partial charge in [0.1, 0.15) is 5.66 Å². The van der Waals surface area contributed by atoms with E-state index in [1.165, 1.54) is 5.56 Å². The highest BCUT2D eigenvalue weighted by atomic mass is 15.4. The molecule has 2 aromatic carbocycles. The lowest BCUT2D eigenvalue weighted by molar-refractivity contribution is 0.114. The van der Waals surface area contributed by atoms with Gasteiger partial charge in [0.15, 0.2) is 5.96 Å². The van der Waals surface area contributed by atoms with E-state index in [2.05, 4.69) is 26.9 Å². The summed E-state index contributed by atoms with van der Waals surface area (Å²) in [6, 6.07) is 18.1. The molecule has 7 heteroatoms. The zero-order valence-electron chi connectivity index (χ0n) is 15.5. The Bertz CT molecular complexity index is 1100. The number of hydrogen-bond acceptors (Lipinski definition) is 6. The van der Waals surface area contributed by atoms with Crippen molar-refractivity contribution in [2.75, 3.05) is 18.4 Å². The van der Waals surface area contributed by atoms with Crippen LogP contribution in [0.4, 0.5) is 5.95 Å². The number of likely N-dealkylation sites (tertiary alicyclic amines) is 1. The molecule has 7 nitrogen and oxygen atoms in total. The van der Waals surface area contributed by atoms with Crippen molar-refractivity contribution in [3.8, 4) is 6.07 Å². The van der Waals surface area contributed by atoms with E-state index in [1.807, 2.05) is 42.5 Å². The fourth-order valence-electron chi connectivity index (χ4n) is 4.30. The molecule has 2 aliphatic rings. The Kier molecular flexibility index (Phi) is 3.81. The number of rotatable bonds is 2. The van der Waals surface area contributed by atoms with Crippen LogP contribution in [0.2, 0.25) is 0 Å². The van der Waals surface area contributed by atoms with Crippen molar-refractivity contribution >= 4 is 22.9 Å². The van der Waals surface area contributed by atoms with Gasteiger partial charge in [0.05, 0.1) is 22.7 Å². The van der Waals surface area contributed by atoms with E-state index >= 15 is 0 Å². The van der Waals surface area contributed by atoms with Gasteiger partial charge in [0, 0.05) is 32.5 Å². The fraction of sp³-hybridized carbons (Fsp3) is 0.286. The molecule has 0 bridgehead atoms. The van der Waals surface area contributed by atoms with Crippen LogP contribution in [0.1, 0.15) is 24.0 Å². The summed E-state index contributed by atoms with van der Waals surface area (Å²) in [6.07, 6.45) is 1.75. The van der Waals surface area contributed by atoms with Crippen LogP contribution in [0.5, 0.6) is 0 Å². The maximum atomic E-state index is 8.95. The number of anilines is 1. The molecule has 2 aliphatic heterocycles. The monoisotopic (exact) mass is 371 g/mol. The van der Waals surface area contributed by atoms with Crippen molar-refractivity contribution < 1.29 is 0 Å². The standard InChI is InChI=1S/C21H21N7/c22-13-15-5-7-16(8-6-15)14-27-11-9-21(10-12-27)26-19(23)25-20-24-17-3-1-2-4-18(17)28(20)21/h1-8H,9-12,14H2,(H3,23,24,25,26). The Balaban J connectivity index is 1.40. The predicted molar refractivity (Wildman–Crippen MR) is 109 cm³/mol. The van der Waals surface area contributed by atoms with E-state index in [0.717, 1.165) is 49.5 Å². The van der Waals surface area contributed by atoms with E-state index in [9.17, 15) is 0 Å². The highest BCUT2D eigenvalue weighted by Gasteiger charge is 2.41. The molecular weight excluding hydrogens is 350 g/mol. The predicted octanol–water partition coefficient (Wildman–Crippen LogP) is 2.60. The number of fused-ring (bicyclic) bond motifs is 4. The van der Waals surface area contributed by atoms with Crippen molar-refractivity contribution in [1.29, 1.82) is 5.26 Å². The molecule has 5 rings (SSSR count). The number of nitriles is 1. The second kappa shape index (κ2) is 6.36. The molecule has 0 saturated carbocycles. The minimum atomic E-state index is -0.387. The number of hydrogen-bond donors (Lipinski definition) is 2. The number of para-hydroxylation sites is 2. The van der Waals surface area contributed by atoms with Crippen LogP contribution in [0.15, 0.2) is 53.5 Å². The Morgan fingerprint density at radius 1 is 1.11 bits per heavy atom. The molecule has 3 aromatic rings. The minimum absolute atomic E-state index is 0.387. The number of nitrogens with two attached hydrogens (primary N) is 1. The number of nitrogens with zero attached hydrogens (tertiary/aromatic N) is 5. The molecule has 1 fully saturated rings. The SMILES string of the molecule is N#Cc1ccc(CN2CCC3(CC2)N=C(N)Nc2nc4ccccc4n23)cc1. The number of aliphatic imine (C=N–C) groups is 1. The van der Waals surface area contributed by atoms with Crippen LogP contribution in [-0.2, 0) is 12.2 Å². The average Bonchev–Trinajstić information content (AvgIpc) is 3.09. The lowest BCUT2D eigenvalue weighted by Crippen LogP contribution is -2.49. The van der Waals surface area contributed by atoms with Crippen LogP contribution >= 0.6 is 0 Å². The van der Waals surface area contributed by atoms with Crippen LogP contribution in [0, 0.1) is 11.3 Å². The molecule has 1 aromatic heterocycles. The molecule has 0 radical (unpaired) electrons. The molecule has 3 N–H and O–H groups in total. The highest BCUT2D eigenvalue weighted by molar-refractivity contribution is 5.94. The number of piperidine rings is 1. The van der Waals surface area contributed by atoms with Crippen molar-refractivity contribution in [3.05, 3.63) is 59.7 Å². The van der Waals surface area contributed by atoms with Crippen LogP contribution in [0.3, 0.4) is 0 Å². The summed E-state index contributed by atoms with van der Waals surface area (Å²) in [5.41, 5.74) is 9.67. The second-order valence-electron chi connectivity index (χ2n) is 7.45. The third-order valence-corrected chi connectivity index (χ3v) is 5.69. The zero-order valence-corrected chi connectivity index (χ0v) is 15.5. The molecule has 1 spiro atoms. The summed E-state index contributed by atoms with van der Waals surface area (Å²) >= 11 is 0. The van der Waals surface area contributed by atoms with E-state index in [0.29, 0.717) is 11.5 Å². The molecule has 0 amide bonds.